The highest BCUT2D eigenvalue weighted by Crippen LogP contribution is 2.14. The molecule has 0 aliphatic rings. The molecule has 0 spiro atoms. The van der Waals surface area contributed by atoms with Gasteiger partial charge in [0.25, 0.3) is 0 Å². The molecule has 1 aromatic carbocycles. The van der Waals surface area contributed by atoms with E-state index in [-0.39, 0.29) is 12.1 Å². The fourth-order valence-corrected chi connectivity index (χ4v) is 1.91. The lowest BCUT2D eigenvalue weighted by atomic mass is 9.94. The lowest BCUT2D eigenvalue weighted by Crippen LogP contribution is -2.48. The summed E-state index contributed by atoms with van der Waals surface area (Å²) in [5, 5.41) is 12.9. The van der Waals surface area contributed by atoms with E-state index in [0.717, 1.165) is 31.6 Å². The summed E-state index contributed by atoms with van der Waals surface area (Å²) in [5.74, 6) is 0.914. The molecule has 0 amide bonds. The normalized spacial score (nSPS) is 11.5. The van der Waals surface area contributed by atoms with Crippen LogP contribution in [0.3, 0.4) is 0 Å². The minimum atomic E-state index is -0.118. The van der Waals surface area contributed by atoms with Crippen molar-refractivity contribution in [1.29, 1.82) is 0 Å². The van der Waals surface area contributed by atoms with Crippen molar-refractivity contribution >= 4 is 0 Å². The van der Waals surface area contributed by atoms with Gasteiger partial charge in [-0.1, -0.05) is 32.0 Å². The number of nitrogens with one attached hydrogen (secondary N) is 1. The number of hydrogen-bond acceptors (Lipinski definition) is 3. The second-order valence-electron chi connectivity index (χ2n) is 4.59. The summed E-state index contributed by atoms with van der Waals surface area (Å²) in [6, 6.07) is 9.84. The van der Waals surface area contributed by atoms with E-state index in [2.05, 4.69) is 19.2 Å². The van der Waals surface area contributed by atoms with Crippen molar-refractivity contribution in [3.05, 3.63) is 30.3 Å². The number of hydrogen-bond donors (Lipinski definition) is 2. The Balaban J connectivity index is 2.18. The third-order valence-electron chi connectivity index (χ3n) is 3.49. The Kier molecular flexibility index (Phi) is 6.76. The van der Waals surface area contributed by atoms with Crippen molar-refractivity contribution in [3.8, 4) is 5.75 Å². The predicted octanol–water partition coefficient (Wildman–Crippen LogP) is 2.60. The summed E-state index contributed by atoms with van der Waals surface area (Å²) in [4.78, 5) is 0. The molecular formula is C15H25NO2. The van der Waals surface area contributed by atoms with Crippen LogP contribution in [0, 0.1) is 0 Å². The minimum Gasteiger partial charge on any atom is -0.494 e. The third kappa shape index (κ3) is 4.67. The van der Waals surface area contributed by atoms with Crippen LogP contribution in [0.1, 0.15) is 33.1 Å². The summed E-state index contributed by atoms with van der Waals surface area (Å²) in [6.45, 7) is 5.97. The Morgan fingerprint density at radius 3 is 2.39 bits per heavy atom. The molecule has 3 nitrogen and oxygen atoms in total. The summed E-state index contributed by atoms with van der Waals surface area (Å²) in [6.07, 6.45) is 2.83. The maximum Gasteiger partial charge on any atom is 0.119 e. The Hall–Kier alpha value is -1.06. The van der Waals surface area contributed by atoms with Crippen LogP contribution in [0.2, 0.25) is 0 Å². The monoisotopic (exact) mass is 251 g/mol. The molecule has 0 fully saturated rings. The first-order valence-corrected chi connectivity index (χ1v) is 6.80. The van der Waals surface area contributed by atoms with E-state index in [1.165, 1.54) is 0 Å². The molecule has 3 heteroatoms. The van der Waals surface area contributed by atoms with Gasteiger partial charge in [-0.3, -0.25) is 0 Å². The van der Waals surface area contributed by atoms with Crippen LogP contribution in [-0.2, 0) is 0 Å². The molecule has 1 rings (SSSR count). The zero-order chi connectivity index (χ0) is 13.3. The first-order chi connectivity index (χ1) is 8.76. The van der Waals surface area contributed by atoms with E-state index in [1.807, 2.05) is 30.3 Å². The molecule has 0 aliphatic carbocycles. The number of aliphatic hydroxyl groups is 1. The zero-order valence-electron chi connectivity index (χ0n) is 11.5. The standard InChI is InChI=1S/C15H25NO2/c1-3-15(4-2,13-17)16-11-8-12-18-14-9-6-5-7-10-14/h5-7,9-10,16-17H,3-4,8,11-13H2,1-2H3. The molecule has 2 N–H and O–H groups in total. The van der Waals surface area contributed by atoms with Gasteiger partial charge >= 0.3 is 0 Å². The van der Waals surface area contributed by atoms with Crippen molar-refractivity contribution in [3.63, 3.8) is 0 Å². The van der Waals surface area contributed by atoms with Gasteiger partial charge in [0.2, 0.25) is 0 Å². The Morgan fingerprint density at radius 2 is 1.83 bits per heavy atom. The van der Waals surface area contributed by atoms with E-state index in [9.17, 15) is 5.11 Å². The van der Waals surface area contributed by atoms with Crippen molar-refractivity contribution in [2.45, 2.75) is 38.6 Å². The Labute approximate surface area is 110 Å². The van der Waals surface area contributed by atoms with E-state index in [1.54, 1.807) is 0 Å². The van der Waals surface area contributed by atoms with Crippen molar-refractivity contribution in [2.24, 2.45) is 0 Å². The summed E-state index contributed by atoms with van der Waals surface area (Å²) in [5.41, 5.74) is -0.118. The smallest absolute Gasteiger partial charge is 0.119 e. The molecule has 0 saturated carbocycles. The van der Waals surface area contributed by atoms with Gasteiger partial charge in [0.15, 0.2) is 0 Å². The first-order valence-electron chi connectivity index (χ1n) is 6.80. The predicted molar refractivity (Wildman–Crippen MR) is 75.0 cm³/mol. The molecule has 0 atom stereocenters. The largest absolute Gasteiger partial charge is 0.494 e. The lowest BCUT2D eigenvalue weighted by molar-refractivity contribution is 0.148. The maximum atomic E-state index is 9.42. The number of aliphatic hydroxyl groups excluding tert-OH is 1. The van der Waals surface area contributed by atoms with Crippen molar-refractivity contribution < 1.29 is 9.84 Å². The van der Waals surface area contributed by atoms with Gasteiger partial charge < -0.3 is 15.2 Å². The van der Waals surface area contributed by atoms with Crippen LogP contribution < -0.4 is 10.1 Å². The number of rotatable bonds is 9. The van der Waals surface area contributed by atoms with E-state index in [4.69, 9.17) is 4.74 Å². The van der Waals surface area contributed by atoms with Gasteiger partial charge in [-0.25, -0.2) is 0 Å². The topological polar surface area (TPSA) is 41.5 Å². The third-order valence-corrected chi connectivity index (χ3v) is 3.49. The Bertz CT molecular complexity index is 301. The highest BCUT2D eigenvalue weighted by atomic mass is 16.5. The van der Waals surface area contributed by atoms with E-state index in [0.29, 0.717) is 6.61 Å². The summed E-state index contributed by atoms with van der Waals surface area (Å²) >= 11 is 0. The van der Waals surface area contributed by atoms with Gasteiger partial charge in [-0.2, -0.15) is 0 Å². The second-order valence-corrected chi connectivity index (χ2v) is 4.59. The van der Waals surface area contributed by atoms with Crippen molar-refractivity contribution in [2.75, 3.05) is 19.8 Å². The first kappa shape index (κ1) is 15.0. The average Bonchev–Trinajstić information content (AvgIpc) is 2.45. The quantitative estimate of drug-likeness (QED) is 0.663. The Morgan fingerprint density at radius 1 is 1.17 bits per heavy atom. The maximum absolute atomic E-state index is 9.42. The van der Waals surface area contributed by atoms with E-state index < -0.39 is 0 Å². The SMILES string of the molecule is CCC(CC)(CO)NCCCOc1ccccc1. The molecule has 0 bridgehead atoms. The fraction of sp³-hybridized carbons (Fsp3) is 0.600. The van der Waals surface area contributed by atoms with Crippen LogP contribution in [0.25, 0.3) is 0 Å². The molecule has 0 unspecified atom stereocenters. The lowest BCUT2D eigenvalue weighted by Gasteiger charge is -2.30. The highest BCUT2D eigenvalue weighted by molar-refractivity contribution is 5.20. The number of ether oxygens (including phenoxy) is 1. The molecule has 0 aliphatic heterocycles. The number of para-hydroxylation sites is 1. The van der Waals surface area contributed by atoms with Crippen LogP contribution in [0.4, 0.5) is 0 Å². The van der Waals surface area contributed by atoms with E-state index >= 15 is 0 Å². The highest BCUT2D eigenvalue weighted by Gasteiger charge is 2.23. The second kappa shape index (κ2) is 8.11. The molecule has 102 valence electrons. The van der Waals surface area contributed by atoms with Crippen LogP contribution >= 0.6 is 0 Å². The average molecular weight is 251 g/mol. The fourth-order valence-electron chi connectivity index (χ4n) is 1.91. The van der Waals surface area contributed by atoms with Crippen LogP contribution in [0.5, 0.6) is 5.75 Å². The number of benzene rings is 1. The molecule has 0 heterocycles. The zero-order valence-corrected chi connectivity index (χ0v) is 11.5. The minimum absolute atomic E-state index is 0.118. The summed E-state index contributed by atoms with van der Waals surface area (Å²) < 4.78 is 5.62. The van der Waals surface area contributed by atoms with Gasteiger partial charge in [-0.05, 0) is 37.9 Å². The molecular weight excluding hydrogens is 226 g/mol. The van der Waals surface area contributed by atoms with Gasteiger partial charge in [0, 0.05) is 5.54 Å². The molecule has 1 aromatic rings. The molecule has 0 saturated heterocycles. The van der Waals surface area contributed by atoms with Crippen LogP contribution in [0.15, 0.2) is 30.3 Å². The van der Waals surface area contributed by atoms with Crippen LogP contribution in [-0.4, -0.2) is 30.4 Å². The van der Waals surface area contributed by atoms with Gasteiger partial charge in [0.05, 0.1) is 13.2 Å². The van der Waals surface area contributed by atoms with Gasteiger partial charge in [-0.15, -0.1) is 0 Å². The summed E-state index contributed by atoms with van der Waals surface area (Å²) in [7, 11) is 0. The van der Waals surface area contributed by atoms with Gasteiger partial charge in [0.1, 0.15) is 5.75 Å². The molecule has 0 aromatic heterocycles. The van der Waals surface area contributed by atoms with Crippen molar-refractivity contribution in [1.82, 2.24) is 5.32 Å². The molecule has 18 heavy (non-hydrogen) atoms. The molecule has 0 radical (unpaired) electrons.